The van der Waals surface area contributed by atoms with Gasteiger partial charge in [-0.05, 0) is 26.0 Å². The summed E-state index contributed by atoms with van der Waals surface area (Å²) in [6, 6.07) is 4.47. The lowest BCUT2D eigenvalue weighted by atomic mass is 10.1. The van der Waals surface area contributed by atoms with E-state index in [1.807, 2.05) is 13.8 Å². The number of hydrogen-bond acceptors (Lipinski definition) is 4. The van der Waals surface area contributed by atoms with Crippen molar-refractivity contribution in [2.75, 3.05) is 26.2 Å². The summed E-state index contributed by atoms with van der Waals surface area (Å²) in [4.78, 5) is 7.26. The Hall–Kier alpha value is -1.37. The van der Waals surface area contributed by atoms with Gasteiger partial charge in [0.2, 0.25) is 0 Å². The van der Waals surface area contributed by atoms with E-state index < -0.39 is 5.82 Å². The molecular formula is C15H21ClFN3O2. The molecule has 1 aliphatic rings. The van der Waals surface area contributed by atoms with Crippen LogP contribution in [0.5, 0.6) is 0 Å². The van der Waals surface area contributed by atoms with Crippen molar-refractivity contribution in [3.8, 4) is 0 Å². The van der Waals surface area contributed by atoms with Crippen LogP contribution in [0.15, 0.2) is 23.4 Å². The van der Waals surface area contributed by atoms with Crippen molar-refractivity contribution in [2.24, 2.45) is 10.9 Å². The van der Waals surface area contributed by atoms with Gasteiger partial charge in [-0.3, -0.25) is 4.90 Å². The molecular weight excluding hydrogens is 309 g/mol. The summed E-state index contributed by atoms with van der Waals surface area (Å²) in [7, 11) is 0. The summed E-state index contributed by atoms with van der Waals surface area (Å²) in [6.07, 6.45) is 0. The van der Waals surface area contributed by atoms with Crippen LogP contribution in [0.4, 0.5) is 4.39 Å². The molecule has 2 N–H and O–H groups in total. The van der Waals surface area contributed by atoms with E-state index in [9.17, 15) is 4.39 Å². The van der Waals surface area contributed by atoms with Crippen LogP contribution in [0.1, 0.15) is 19.4 Å². The fraction of sp³-hybridized carbons (Fsp3) is 0.533. The molecule has 22 heavy (non-hydrogen) atoms. The van der Waals surface area contributed by atoms with Crippen LogP contribution in [0.3, 0.4) is 0 Å². The number of ether oxygens (including phenoxy) is 1. The fourth-order valence-corrected chi connectivity index (χ4v) is 2.57. The summed E-state index contributed by atoms with van der Waals surface area (Å²) < 4.78 is 19.2. The van der Waals surface area contributed by atoms with Crippen LogP contribution in [-0.4, -0.2) is 42.6 Å². The molecule has 1 saturated heterocycles. The number of nitrogens with two attached hydrogens (primary N) is 1. The molecule has 0 spiro atoms. The second-order valence-corrected chi connectivity index (χ2v) is 6.28. The maximum Gasteiger partial charge on any atom is 0.153 e. The molecule has 1 aromatic carbocycles. The molecule has 0 unspecified atom stereocenters. The Morgan fingerprint density at radius 2 is 2.32 bits per heavy atom. The third-order valence-corrected chi connectivity index (χ3v) is 3.70. The minimum atomic E-state index is -0.420. The summed E-state index contributed by atoms with van der Waals surface area (Å²) in [5.41, 5.74) is 5.93. The predicted molar refractivity (Wildman–Crippen MR) is 84.3 cm³/mol. The van der Waals surface area contributed by atoms with Gasteiger partial charge in [-0.1, -0.05) is 22.8 Å². The van der Waals surface area contributed by atoms with E-state index in [4.69, 9.17) is 26.9 Å². The van der Waals surface area contributed by atoms with Gasteiger partial charge in [0.1, 0.15) is 12.4 Å². The number of halogens is 2. The second kappa shape index (κ2) is 7.26. The summed E-state index contributed by atoms with van der Waals surface area (Å²) >= 11 is 5.91. The van der Waals surface area contributed by atoms with Gasteiger partial charge in [-0.25, -0.2) is 4.39 Å². The number of rotatable bonds is 5. The van der Waals surface area contributed by atoms with Crippen molar-refractivity contribution in [3.05, 3.63) is 34.6 Å². The Kier molecular flexibility index (Phi) is 5.61. The van der Waals surface area contributed by atoms with Crippen LogP contribution in [0.25, 0.3) is 0 Å². The summed E-state index contributed by atoms with van der Waals surface area (Å²) in [6.45, 7) is 6.71. The molecule has 0 saturated carbocycles. The lowest BCUT2D eigenvalue weighted by molar-refractivity contribution is -0.0821. The van der Waals surface area contributed by atoms with E-state index in [0.29, 0.717) is 24.0 Å². The van der Waals surface area contributed by atoms with Gasteiger partial charge < -0.3 is 15.3 Å². The Balaban J connectivity index is 1.85. The maximum absolute atomic E-state index is 13.6. The van der Waals surface area contributed by atoms with Gasteiger partial charge in [-0.2, -0.15) is 0 Å². The van der Waals surface area contributed by atoms with E-state index in [0.717, 1.165) is 13.1 Å². The SMILES string of the molecule is CC1(C)CN(C/C(N)=N/OCc2c(F)cccc2Cl)CCO1. The number of hydrogen-bond donors (Lipinski definition) is 1. The van der Waals surface area contributed by atoms with E-state index in [2.05, 4.69) is 10.1 Å². The molecule has 0 radical (unpaired) electrons. The summed E-state index contributed by atoms with van der Waals surface area (Å²) in [5, 5.41) is 4.14. The molecule has 1 aromatic rings. The number of benzene rings is 1. The van der Waals surface area contributed by atoms with Gasteiger partial charge in [-0.15, -0.1) is 0 Å². The molecule has 0 bridgehead atoms. The molecule has 2 rings (SSSR count). The predicted octanol–water partition coefficient (Wildman–Crippen LogP) is 2.38. The van der Waals surface area contributed by atoms with Crippen molar-refractivity contribution in [3.63, 3.8) is 0 Å². The minimum absolute atomic E-state index is 0.0548. The van der Waals surface area contributed by atoms with Gasteiger partial charge in [0.25, 0.3) is 0 Å². The van der Waals surface area contributed by atoms with Crippen molar-refractivity contribution >= 4 is 17.4 Å². The van der Waals surface area contributed by atoms with E-state index in [1.54, 1.807) is 12.1 Å². The lowest BCUT2D eigenvalue weighted by Crippen LogP contribution is -2.50. The van der Waals surface area contributed by atoms with Gasteiger partial charge in [0.05, 0.1) is 23.8 Å². The minimum Gasteiger partial charge on any atom is -0.389 e. The zero-order chi connectivity index (χ0) is 16.2. The zero-order valence-corrected chi connectivity index (χ0v) is 13.6. The van der Waals surface area contributed by atoms with Gasteiger partial charge in [0.15, 0.2) is 5.84 Å². The third kappa shape index (κ3) is 4.83. The highest BCUT2D eigenvalue weighted by Crippen LogP contribution is 2.20. The number of nitrogens with zero attached hydrogens (tertiary/aromatic N) is 2. The molecule has 0 aromatic heterocycles. The first-order valence-corrected chi connectivity index (χ1v) is 7.49. The van der Waals surface area contributed by atoms with Crippen molar-refractivity contribution in [1.29, 1.82) is 0 Å². The smallest absolute Gasteiger partial charge is 0.153 e. The first-order valence-electron chi connectivity index (χ1n) is 7.11. The molecule has 5 nitrogen and oxygen atoms in total. The van der Waals surface area contributed by atoms with Crippen LogP contribution in [0.2, 0.25) is 5.02 Å². The van der Waals surface area contributed by atoms with Crippen molar-refractivity contribution in [1.82, 2.24) is 4.90 Å². The molecule has 1 aliphatic heterocycles. The molecule has 122 valence electrons. The highest BCUT2D eigenvalue weighted by molar-refractivity contribution is 6.31. The largest absolute Gasteiger partial charge is 0.389 e. The average molecular weight is 330 g/mol. The highest BCUT2D eigenvalue weighted by Gasteiger charge is 2.27. The fourth-order valence-electron chi connectivity index (χ4n) is 2.36. The van der Waals surface area contributed by atoms with E-state index >= 15 is 0 Å². The normalized spacial score (nSPS) is 19.2. The second-order valence-electron chi connectivity index (χ2n) is 5.88. The first-order chi connectivity index (χ1) is 10.4. The van der Waals surface area contributed by atoms with Crippen LogP contribution in [-0.2, 0) is 16.2 Å². The molecule has 1 fully saturated rings. The number of oxime groups is 1. The molecule has 1 heterocycles. The topological polar surface area (TPSA) is 60.1 Å². The van der Waals surface area contributed by atoms with E-state index in [-0.39, 0.29) is 17.8 Å². The monoisotopic (exact) mass is 329 g/mol. The van der Waals surface area contributed by atoms with Crippen LogP contribution < -0.4 is 5.73 Å². The van der Waals surface area contributed by atoms with Gasteiger partial charge >= 0.3 is 0 Å². The Bertz CT molecular complexity index is 531. The lowest BCUT2D eigenvalue weighted by Gasteiger charge is -2.37. The maximum atomic E-state index is 13.6. The molecule has 0 atom stereocenters. The number of amidine groups is 1. The Morgan fingerprint density at radius 3 is 3.00 bits per heavy atom. The molecule has 7 heteroatoms. The molecule has 0 amide bonds. The van der Waals surface area contributed by atoms with Crippen LogP contribution >= 0.6 is 11.6 Å². The molecule has 0 aliphatic carbocycles. The number of morpholine rings is 1. The average Bonchev–Trinajstić information content (AvgIpc) is 2.41. The Labute approximate surface area is 134 Å². The van der Waals surface area contributed by atoms with E-state index in [1.165, 1.54) is 6.07 Å². The third-order valence-electron chi connectivity index (χ3n) is 3.34. The standard InChI is InChI=1S/C15H21ClFN3O2/c1-15(2)10-20(6-7-21-15)8-14(18)19-22-9-11-12(16)4-3-5-13(11)17/h3-5H,6-10H2,1-2H3,(H2,18,19). The zero-order valence-electron chi connectivity index (χ0n) is 12.8. The first kappa shape index (κ1) is 17.0. The highest BCUT2D eigenvalue weighted by atomic mass is 35.5. The van der Waals surface area contributed by atoms with Crippen molar-refractivity contribution in [2.45, 2.75) is 26.1 Å². The van der Waals surface area contributed by atoms with Crippen LogP contribution in [0, 0.1) is 5.82 Å². The summed E-state index contributed by atoms with van der Waals surface area (Å²) in [5.74, 6) is -0.0821. The Morgan fingerprint density at radius 1 is 1.55 bits per heavy atom. The quantitative estimate of drug-likeness (QED) is 0.512. The van der Waals surface area contributed by atoms with Crippen molar-refractivity contribution < 1.29 is 14.0 Å². The van der Waals surface area contributed by atoms with Gasteiger partial charge in [0, 0.05) is 18.7 Å².